The van der Waals surface area contributed by atoms with E-state index < -0.39 is 0 Å². The van der Waals surface area contributed by atoms with Gasteiger partial charge in [0.2, 0.25) is 5.91 Å². The number of amides is 1. The molecule has 1 aliphatic heterocycles. The number of carbonyl (C=O) groups is 1. The van der Waals surface area contributed by atoms with Gasteiger partial charge in [-0.2, -0.15) is 0 Å². The molecule has 0 spiro atoms. The van der Waals surface area contributed by atoms with Crippen molar-refractivity contribution in [3.05, 3.63) is 95.1 Å². The molecule has 3 aromatic carbocycles. The summed E-state index contributed by atoms with van der Waals surface area (Å²) >= 11 is 0. The first kappa shape index (κ1) is 19.5. The summed E-state index contributed by atoms with van der Waals surface area (Å²) in [6, 6.07) is 20.8. The van der Waals surface area contributed by atoms with E-state index in [-0.39, 0.29) is 17.6 Å². The molecule has 0 saturated carbocycles. The monoisotopic (exact) mass is 413 g/mol. The Hall–Kier alpha value is -3.47. The number of fused-ring (bicyclic) bond motifs is 1. The summed E-state index contributed by atoms with van der Waals surface area (Å²) in [6.07, 6.45) is 0.397. The van der Waals surface area contributed by atoms with Crippen molar-refractivity contribution in [3.8, 4) is 0 Å². The molecule has 1 aliphatic rings. The second kappa shape index (κ2) is 7.65. The standard InChI is InChI=1S/C26H24FN3O/c1-17-8-7-9-18(2)25(17)30-16-20(14-24(30)31)26-28-22-12-5-6-13-23(22)29(26)15-19-10-3-4-11-21(19)27/h3-13,20H,14-16H2,1-2H3/t20-/m0/s1. The van der Waals surface area contributed by atoms with Gasteiger partial charge < -0.3 is 9.47 Å². The van der Waals surface area contributed by atoms with E-state index >= 15 is 0 Å². The fourth-order valence-corrected chi connectivity index (χ4v) is 4.70. The Labute approximate surface area is 181 Å². The van der Waals surface area contributed by atoms with Gasteiger partial charge in [0.15, 0.2) is 0 Å². The molecule has 4 nitrogen and oxygen atoms in total. The topological polar surface area (TPSA) is 38.1 Å². The lowest BCUT2D eigenvalue weighted by molar-refractivity contribution is -0.117. The quantitative estimate of drug-likeness (QED) is 0.452. The number of halogens is 1. The Balaban J connectivity index is 1.56. The maximum atomic E-state index is 14.4. The molecule has 0 aliphatic carbocycles. The Kier molecular flexibility index (Phi) is 4.81. The summed E-state index contributed by atoms with van der Waals surface area (Å²) in [4.78, 5) is 19.8. The number of rotatable bonds is 4. The van der Waals surface area contributed by atoms with Crippen LogP contribution in [0.25, 0.3) is 11.0 Å². The van der Waals surface area contributed by atoms with Gasteiger partial charge in [0.1, 0.15) is 11.6 Å². The summed E-state index contributed by atoms with van der Waals surface area (Å²) in [5, 5.41) is 0. The fraction of sp³-hybridized carbons (Fsp3) is 0.231. The fourth-order valence-electron chi connectivity index (χ4n) is 4.70. The Morgan fingerprint density at radius 1 is 0.968 bits per heavy atom. The summed E-state index contributed by atoms with van der Waals surface area (Å²) in [7, 11) is 0. The van der Waals surface area contributed by atoms with Crippen LogP contribution >= 0.6 is 0 Å². The molecule has 156 valence electrons. The molecular weight excluding hydrogens is 389 g/mol. The maximum Gasteiger partial charge on any atom is 0.227 e. The van der Waals surface area contributed by atoms with Crippen molar-refractivity contribution >= 4 is 22.6 Å². The van der Waals surface area contributed by atoms with Gasteiger partial charge in [0, 0.05) is 30.1 Å². The van der Waals surface area contributed by atoms with Gasteiger partial charge in [0.25, 0.3) is 0 Å². The largest absolute Gasteiger partial charge is 0.323 e. The highest BCUT2D eigenvalue weighted by molar-refractivity contribution is 5.98. The van der Waals surface area contributed by atoms with Crippen molar-refractivity contribution in [1.29, 1.82) is 0 Å². The minimum absolute atomic E-state index is 0.0503. The van der Waals surface area contributed by atoms with Gasteiger partial charge in [-0.1, -0.05) is 48.5 Å². The number of para-hydroxylation sites is 3. The zero-order chi connectivity index (χ0) is 21.5. The first-order valence-corrected chi connectivity index (χ1v) is 10.6. The van der Waals surface area contributed by atoms with Gasteiger partial charge in [-0.15, -0.1) is 0 Å². The van der Waals surface area contributed by atoms with E-state index in [0.29, 0.717) is 25.1 Å². The van der Waals surface area contributed by atoms with Crippen molar-refractivity contribution in [2.75, 3.05) is 11.4 Å². The molecular formula is C26H24FN3O. The van der Waals surface area contributed by atoms with Crippen molar-refractivity contribution < 1.29 is 9.18 Å². The molecule has 1 fully saturated rings. The van der Waals surface area contributed by atoms with Crippen LogP contribution in [0.3, 0.4) is 0 Å². The van der Waals surface area contributed by atoms with Gasteiger partial charge in [-0.05, 0) is 43.2 Å². The first-order chi connectivity index (χ1) is 15.0. The summed E-state index contributed by atoms with van der Waals surface area (Å²) in [6.45, 7) is 5.04. The van der Waals surface area contributed by atoms with E-state index in [4.69, 9.17) is 4.98 Å². The maximum absolute atomic E-state index is 14.4. The van der Waals surface area contributed by atoms with E-state index in [1.165, 1.54) is 6.07 Å². The lowest BCUT2D eigenvalue weighted by Gasteiger charge is -2.21. The van der Waals surface area contributed by atoms with Crippen molar-refractivity contribution in [2.45, 2.75) is 32.7 Å². The second-order valence-corrected chi connectivity index (χ2v) is 8.28. The number of carbonyl (C=O) groups excluding carboxylic acids is 1. The van der Waals surface area contributed by atoms with Crippen LogP contribution in [0.2, 0.25) is 0 Å². The highest BCUT2D eigenvalue weighted by Crippen LogP contribution is 2.36. The van der Waals surface area contributed by atoms with Gasteiger partial charge >= 0.3 is 0 Å². The zero-order valence-corrected chi connectivity index (χ0v) is 17.7. The Morgan fingerprint density at radius 2 is 1.68 bits per heavy atom. The van der Waals surface area contributed by atoms with Crippen LogP contribution in [0.4, 0.5) is 10.1 Å². The van der Waals surface area contributed by atoms with E-state index in [1.54, 1.807) is 12.1 Å². The van der Waals surface area contributed by atoms with Crippen molar-refractivity contribution in [3.63, 3.8) is 0 Å². The van der Waals surface area contributed by atoms with Crippen LogP contribution in [-0.4, -0.2) is 22.0 Å². The summed E-state index contributed by atoms with van der Waals surface area (Å²) in [5.74, 6) is 0.662. The van der Waals surface area contributed by atoms with Gasteiger partial charge in [-0.3, -0.25) is 4.79 Å². The molecule has 1 atom stereocenters. The highest BCUT2D eigenvalue weighted by Gasteiger charge is 2.36. The number of hydrogen-bond acceptors (Lipinski definition) is 2. The molecule has 0 N–H and O–H groups in total. The normalized spacial score (nSPS) is 16.4. The molecule has 1 saturated heterocycles. The van der Waals surface area contributed by atoms with E-state index in [0.717, 1.165) is 33.7 Å². The first-order valence-electron chi connectivity index (χ1n) is 10.6. The number of hydrogen-bond donors (Lipinski definition) is 0. The third-order valence-corrected chi connectivity index (χ3v) is 6.17. The minimum atomic E-state index is -0.231. The SMILES string of the molecule is Cc1cccc(C)c1N1C[C@@H](c2nc3ccccc3n2Cc2ccccc2F)CC1=O. The minimum Gasteiger partial charge on any atom is -0.323 e. The lowest BCUT2D eigenvalue weighted by atomic mass is 10.1. The number of imidazole rings is 1. The average molecular weight is 413 g/mol. The number of nitrogens with zero attached hydrogens (tertiary/aromatic N) is 3. The number of aromatic nitrogens is 2. The number of benzene rings is 3. The van der Waals surface area contributed by atoms with Crippen LogP contribution in [0.5, 0.6) is 0 Å². The van der Waals surface area contributed by atoms with Crippen LogP contribution in [0.15, 0.2) is 66.7 Å². The molecule has 31 heavy (non-hydrogen) atoms. The molecule has 5 heteroatoms. The third-order valence-electron chi connectivity index (χ3n) is 6.17. The molecule has 4 aromatic rings. The molecule has 1 amide bonds. The van der Waals surface area contributed by atoms with Crippen molar-refractivity contribution in [2.24, 2.45) is 0 Å². The van der Waals surface area contributed by atoms with Crippen LogP contribution in [0, 0.1) is 19.7 Å². The lowest BCUT2D eigenvalue weighted by Crippen LogP contribution is -2.26. The number of anilines is 1. The third kappa shape index (κ3) is 3.40. The van der Waals surface area contributed by atoms with Gasteiger partial charge in [-0.25, -0.2) is 9.37 Å². The van der Waals surface area contributed by atoms with Crippen LogP contribution < -0.4 is 4.90 Å². The van der Waals surface area contributed by atoms with E-state index in [9.17, 15) is 9.18 Å². The number of aryl methyl sites for hydroxylation is 2. The molecule has 1 aromatic heterocycles. The predicted octanol–water partition coefficient (Wildman–Crippen LogP) is 5.36. The molecule has 0 bridgehead atoms. The second-order valence-electron chi connectivity index (χ2n) is 8.28. The van der Waals surface area contributed by atoms with E-state index in [1.807, 2.05) is 67.3 Å². The molecule has 2 heterocycles. The van der Waals surface area contributed by atoms with E-state index in [2.05, 4.69) is 4.57 Å². The van der Waals surface area contributed by atoms with Crippen LogP contribution in [-0.2, 0) is 11.3 Å². The predicted molar refractivity (Wildman–Crippen MR) is 121 cm³/mol. The Bertz CT molecular complexity index is 1270. The molecule has 5 rings (SSSR count). The average Bonchev–Trinajstić information content (AvgIpc) is 3.31. The van der Waals surface area contributed by atoms with Crippen LogP contribution in [0.1, 0.15) is 34.9 Å². The summed E-state index contributed by atoms with van der Waals surface area (Å²) in [5.41, 5.74) is 5.61. The summed E-state index contributed by atoms with van der Waals surface area (Å²) < 4.78 is 16.5. The molecule has 0 radical (unpaired) electrons. The highest BCUT2D eigenvalue weighted by atomic mass is 19.1. The van der Waals surface area contributed by atoms with Gasteiger partial charge in [0.05, 0.1) is 17.6 Å². The Morgan fingerprint density at radius 3 is 2.45 bits per heavy atom. The molecule has 0 unspecified atom stereocenters. The smallest absolute Gasteiger partial charge is 0.227 e. The zero-order valence-electron chi connectivity index (χ0n) is 17.7. The van der Waals surface area contributed by atoms with Crippen molar-refractivity contribution in [1.82, 2.24) is 9.55 Å².